The molecule has 0 amide bonds. The number of H-pyrrole nitrogens is 1. The summed E-state index contributed by atoms with van der Waals surface area (Å²) >= 11 is 0. The summed E-state index contributed by atoms with van der Waals surface area (Å²) in [6, 6.07) is 4.56. The molecule has 0 radical (unpaired) electrons. The molecule has 17 heavy (non-hydrogen) atoms. The van der Waals surface area contributed by atoms with Gasteiger partial charge in [-0.3, -0.25) is 20.6 Å². The van der Waals surface area contributed by atoms with Crippen LogP contribution in [0.4, 0.5) is 11.5 Å². The Morgan fingerprint density at radius 3 is 2.94 bits per heavy atom. The Labute approximate surface area is 95.5 Å². The number of nitrogens with zero attached hydrogens (tertiary/aromatic N) is 4. The van der Waals surface area contributed by atoms with Gasteiger partial charge < -0.3 is 0 Å². The number of hydrogen-bond donors (Lipinski definition) is 2. The molecular weight excluding hydrogens is 224 g/mol. The zero-order valence-electron chi connectivity index (χ0n) is 8.57. The predicted molar refractivity (Wildman–Crippen MR) is 60.7 cm³/mol. The van der Waals surface area contributed by atoms with E-state index >= 15 is 0 Å². The second kappa shape index (κ2) is 4.84. The van der Waals surface area contributed by atoms with E-state index in [0.29, 0.717) is 11.5 Å². The van der Waals surface area contributed by atoms with Crippen molar-refractivity contribution in [1.82, 2.24) is 15.2 Å². The van der Waals surface area contributed by atoms with Crippen LogP contribution in [0.5, 0.6) is 0 Å². The molecule has 0 aliphatic rings. The minimum absolute atomic E-state index is 0.0631. The average Bonchev–Trinajstić information content (AvgIpc) is 2.83. The average molecular weight is 232 g/mol. The minimum Gasteiger partial charge on any atom is -0.285 e. The van der Waals surface area contributed by atoms with Crippen LogP contribution in [0.1, 0.15) is 5.69 Å². The van der Waals surface area contributed by atoms with E-state index in [1.54, 1.807) is 12.3 Å². The normalized spacial score (nSPS) is 10.6. The van der Waals surface area contributed by atoms with E-state index in [2.05, 4.69) is 25.7 Å². The topological polar surface area (TPSA) is 109 Å². The summed E-state index contributed by atoms with van der Waals surface area (Å²) in [6.45, 7) is 0. The number of hydrazone groups is 1. The Kier molecular flexibility index (Phi) is 3.05. The van der Waals surface area contributed by atoms with Gasteiger partial charge in [0.05, 0.1) is 11.1 Å². The van der Waals surface area contributed by atoms with Gasteiger partial charge in [0.1, 0.15) is 17.7 Å². The maximum Gasteiger partial charge on any atom is 0.287 e. The van der Waals surface area contributed by atoms with E-state index < -0.39 is 4.92 Å². The molecule has 2 aromatic heterocycles. The van der Waals surface area contributed by atoms with Crippen LogP contribution >= 0.6 is 0 Å². The van der Waals surface area contributed by atoms with E-state index in [-0.39, 0.29) is 5.69 Å². The Morgan fingerprint density at radius 2 is 2.35 bits per heavy atom. The molecule has 0 spiro atoms. The smallest absolute Gasteiger partial charge is 0.285 e. The molecule has 8 heteroatoms. The van der Waals surface area contributed by atoms with Crippen molar-refractivity contribution < 1.29 is 4.92 Å². The molecule has 0 fully saturated rings. The van der Waals surface area contributed by atoms with Gasteiger partial charge in [0.2, 0.25) is 0 Å². The van der Waals surface area contributed by atoms with E-state index in [1.807, 2.05) is 0 Å². The maximum absolute atomic E-state index is 10.4. The molecule has 0 unspecified atom stereocenters. The lowest BCUT2D eigenvalue weighted by Crippen LogP contribution is -1.95. The number of anilines is 1. The van der Waals surface area contributed by atoms with Crippen LogP contribution in [0, 0.1) is 10.1 Å². The van der Waals surface area contributed by atoms with Crippen molar-refractivity contribution in [3.8, 4) is 0 Å². The number of nitro groups is 1. The van der Waals surface area contributed by atoms with Gasteiger partial charge in [-0.25, -0.2) is 4.98 Å². The van der Waals surface area contributed by atoms with Gasteiger partial charge in [-0.2, -0.15) is 10.2 Å². The second-order valence-corrected chi connectivity index (χ2v) is 3.03. The number of pyridine rings is 1. The largest absolute Gasteiger partial charge is 0.287 e. The van der Waals surface area contributed by atoms with Crippen molar-refractivity contribution in [2.45, 2.75) is 0 Å². The Bertz CT molecular complexity index is 519. The van der Waals surface area contributed by atoms with Gasteiger partial charge in [0.25, 0.3) is 5.69 Å². The SMILES string of the molecule is O=[N+]([O-])c1ccc(NN=Cc2cc[nH]n2)nc1. The molecule has 0 aliphatic heterocycles. The molecule has 2 heterocycles. The van der Waals surface area contributed by atoms with E-state index in [1.165, 1.54) is 18.3 Å². The molecule has 2 aromatic rings. The summed E-state index contributed by atoms with van der Waals surface area (Å²) in [5.74, 6) is 0.419. The van der Waals surface area contributed by atoms with Crippen molar-refractivity contribution in [2.24, 2.45) is 5.10 Å². The van der Waals surface area contributed by atoms with Gasteiger partial charge in [-0.15, -0.1) is 0 Å². The van der Waals surface area contributed by atoms with Crippen LogP contribution < -0.4 is 5.43 Å². The fourth-order valence-electron chi connectivity index (χ4n) is 1.07. The summed E-state index contributed by atoms with van der Waals surface area (Å²) in [7, 11) is 0. The molecule has 0 saturated heterocycles. The second-order valence-electron chi connectivity index (χ2n) is 3.03. The summed E-state index contributed by atoms with van der Waals surface area (Å²) < 4.78 is 0. The van der Waals surface area contributed by atoms with Crippen LogP contribution in [0.3, 0.4) is 0 Å². The zero-order valence-corrected chi connectivity index (χ0v) is 8.57. The monoisotopic (exact) mass is 232 g/mol. The molecule has 2 rings (SSSR count). The third kappa shape index (κ3) is 2.84. The van der Waals surface area contributed by atoms with Crippen molar-refractivity contribution >= 4 is 17.7 Å². The molecule has 0 saturated carbocycles. The predicted octanol–water partition coefficient (Wildman–Crippen LogP) is 1.16. The summed E-state index contributed by atoms with van der Waals surface area (Å²) in [4.78, 5) is 13.7. The van der Waals surface area contributed by atoms with Gasteiger partial charge in [0.15, 0.2) is 0 Å². The molecule has 0 aromatic carbocycles. The van der Waals surface area contributed by atoms with E-state index in [0.717, 1.165) is 6.20 Å². The zero-order chi connectivity index (χ0) is 12.1. The molecule has 0 bridgehead atoms. The Morgan fingerprint density at radius 1 is 1.47 bits per heavy atom. The van der Waals surface area contributed by atoms with E-state index in [9.17, 15) is 10.1 Å². The van der Waals surface area contributed by atoms with E-state index in [4.69, 9.17) is 0 Å². The summed E-state index contributed by atoms with van der Waals surface area (Å²) in [5.41, 5.74) is 3.23. The number of rotatable bonds is 4. The van der Waals surface area contributed by atoms with Crippen LogP contribution in [0.2, 0.25) is 0 Å². The first kappa shape index (κ1) is 10.7. The highest BCUT2D eigenvalue weighted by Gasteiger charge is 2.04. The number of aromatic amines is 1. The first-order valence-corrected chi connectivity index (χ1v) is 4.65. The highest BCUT2D eigenvalue weighted by molar-refractivity contribution is 5.77. The summed E-state index contributed by atoms with van der Waals surface area (Å²) in [6.07, 6.45) is 4.33. The fraction of sp³-hybridized carbons (Fsp3) is 0. The minimum atomic E-state index is -0.510. The molecule has 8 nitrogen and oxygen atoms in total. The van der Waals surface area contributed by atoms with Gasteiger partial charge >= 0.3 is 0 Å². The van der Waals surface area contributed by atoms with Gasteiger partial charge in [0, 0.05) is 12.3 Å². The lowest BCUT2D eigenvalue weighted by molar-refractivity contribution is -0.385. The van der Waals surface area contributed by atoms with Crippen molar-refractivity contribution in [2.75, 3.05) is 5.43 Å². The van der Waals surface area contributed by atoms with Crippen molar-refractivity contribution in [3.05, 3.63) is 46.4 Å². The molecule has 0 aliphatic carbocycles. The van der Waals surface area contributed by atoms with Gasteiger partial charge in [-0.05, 0) is 12.1 Å². The number of hydrogen-bond acceptors (Lipinski definition) is 6. The number of aromatic nitrogens is 3. The molecular formula is C9H8N6O2. The van der Waals surface area contributed by atoms with Crippen LogP contribution in [0.15, 0.2) is 35.7 Å². The van der Waals surface area contributed by atoms with Crippen LogP contribution in [-0.4, -0.2) is 26.3 Å². The lowest BCUT2D eigenvalue weighted by atomic mass is 10.4. The third-order valence-electron chi connectivity index (χ3n) is 1.86. The lowest BCUT2D eigenvalue weighted by Gasteiger charge is -1.97. The highest BCUT2D eigenvalue weighted by atomic mass is 16.6. The third-order valence-corrected chi connectivity index (χ3v) is 1.86. The fourth-order valence-corrected chi connectivity index (χ4v) is 1.07. The highest BCUT2D eigenvalue weighted by Crippen LogP contribution is 2.11. The van der Waals surface area contributed by atoms with Gasteiger partial charge in [-0.1, -0.05) is 0 Å². The Hall–Kier alpha value is -2.77. The first-order chi connectivity index (χ1) is 8.25. The molecule has 2 N–H and O–H groups in total. The van der Waals surface area contributed by atoms with Crippen LogP contribution in [-0.2, 0) is 0 Å². The number of nitrogens with one attached hydrogen (secondary N) is 2. The standard InChI is InChI=1S/C9H8N6O2/c16-15(17)8-1-2-9(10-6-8)14-12-5-7-3-4-11-13-7/h1-6H,(H,10,14)(H,11,13). The summed E-state index contributed by atoms with van der Waals surface area (Å²) in [5, 5.41) is 20.8. The Balaban J connectivity index is 1.97. The quantitative estimate of drug-likeness (QED) is 0.467. The van der Waals surface area contributed by atoms with Crippen molar-refractivity contribution in [3.63, 3.8) is 0 Å². The van der Waals surface area contributed by atoms with Crippen molar-refractivity contribution in [1.29, 1.82) is 0 Å². The van der Waals surface area contributed by atoms with Crippen LogP contribution in [0.25, 0.3) is 0 Å². The first-order valence-electron chi connectivity index (χ1n) is 4.65. The maximum atomic E-state index is 10.4. The molecule has 86 valence electrons. The molecule has 0 atom stereocenters.